The van der Waals surface area contributed by atoms with Gasteiger partial charge in [-0.15, -0.1) is 0 Å². The van der Waals surface area contributed by atoms with E-state index in [1.165, 1.54) is 22.3 Å². The summed E-state index contributed by atoms with van der Waals surface area (Å²) in [6.07, 6.45) is 0. The summed E-state index contributed by atoms with van der Waals surface area (Å²) in [5, 5.41) is 0. The van der Waals surface area contributed by atoms with Gasteiger partial charge in [0.25, 0.3) is 0 Å². The Labute approximate surface area is 205 Å². The summed E-state index contributed by atoms with van der Waals surface area (Å²) in [7, 11) is 0. The van der Waals surface area contributed by atoms with Crippen molar-refractivity contribution >= 4 is 37.7 Å². The molecule has 0 nitrogen and oxygen atoms in total. The second-order valence-electron chi connectivity index (χ2n) is 7.46. The van der Waals surface area contributed by atoms with Gasteiger partial charge in [0.15, 0.2) is 0 Å². The van der Waals surface area contributed by atoms with Crippen LogP contribution in [0.15, 0.2) is 121 Å². The predicted octanol–water partition coefficient (Wildman–Crippen LogP) is 5.99. The van der Waals surface area contributed by atoms with E-state index in [1.54, 1.807) is 0 Å². The van der Waals surface area contributed by atoms with E-state index in [4.69, 9.17) is 0 Å². The Balaban J connectivity index is 0.00000160. The van der Waals surface area contributed by atoms with Gasteiger partial charge in [-0.1, -0.05) is 128 Å². The SMILES string of the molecule is CC(C(c1ccccc1)c1ccccc1)C(c1ccccc1)c1ccccc1.[LiH].[LiH]. The second kappa shape index (κ2) is 12.1. The normalized spacial score (nSPS) is 10.5. The Morgan fingerprint density at radius 3 is 0.767 bits per heavy atom. The van der Waals surface area contributed by atoms with Crippen LogP contribution in [0.4, 0.5) is 0 Å². The molecule has 0 fully saturated rings. The van der Waals surface area contributed by atoms with Crippen LogP contribution in [-0.2, 0) is 0 Å². The fourth-order valence-corrected chi connectivity index (χ4v) is 4.43. The molecule has 0 heterocycles. The minimum atomic E-state index is 0. The third-order valence-corrected chi connectivity index (χ3v) is 5.69. The molecule has 0 aromatic heterocycles. The first-order valence-corrected chi connectivity index (χ1v) is 10.0. The summed E-state index contributed by atoms with van der Waals surface area (Å²) in [5.41, 5.74) is 5.49. The van der Waals surface area contributed by atoms with Crippen molar-refractivity contribution in [2.45, 2.75) is 18.8 Å². The maximum absolute atomic E-state index is 2.40. The topological polar surface area (TPSA) is 0 Å². The average Bonchev–Trinajstić information content (AvgIpc) is 2.77. The van der Waals surface area contributed by atoms with Crippen LogP contribution in [0.25, 0.3) is 0 Å². The molecule has 4 rings (SSSR count). The van der Waals surface area contributed by atoms with Crippen LogP contribution >= 0.6 is 0 Å². The molecule has 2 heteroatoms. The van der Waals surface area contributed by atoms with Crippen LogP contribution < -0.4 is 0 Å². The third kappa shape index (κ3) is 5.61. The summed E-state index contributed by atoms with van der Waals surface area (Å²) in [6.45, 7) is 2.40. The fourth-order valence-electron chi connectivity index (χ4n) is 4.43. The van der Waals surface area contributed by atoms with E-state index in [0.717, 1.165) is 0 Å². The molecule has 0 amide bonds. The molecule has 0 spiro atoms. The Morgan fingerprint density at radius 2 is 0.567 bits per heavy atom. The van der Waals surface area contributed by atoms with Crippen molar-refractivity contribution in [1.82, 2.24) is 0 Å². The Morgan fingerprint density at radius 1 is 0.367 bits per heavy atom. The molecule has 142 valence electrons. The van der Waals surface area contributed by atoms with Gasteiger partial charge in [0.2, 0.25) is 0 Å². The average molecular weight is 378 g/mol. The molecule has 0 N–H and O–H groups in total. The Kier molecular flexibility index (Phi) is 9.78. The molecule has 0 aliphatic heterocycles. The van der Waals surface area contributed by atoms with Crippen molar-refractivity contribution < 1.29 is 0 Å². The van der Waals surface area contributed by atoms with Gasteiger partial charge in [0.1, 0.15) is 0 Å². The van der Waals surface area contributed by atoms with Gasteiger partial charge in [0, 0.05) is 11.8 Å². The quantitative estimate of drug-likeness (QED) is 0.362. The van der Waals surface area contributed by atoms with Crippen molar-refractivity contribution in [1.29, 1.82) is 0 Å². The van der Waals surface area contributed by atoms with E-state index in [1.807, 2.05) is 0 Å². The number of hydrogen-bond acceptors (Lipinski definition) is 0. The van der Waals surface area contributed by atoms with Gasteiger partial charge >= 0.3 is 37.7 Å². The van der Waals surface area contributed by atoms with Crippen LogP contribution in [0.5, 0.6) is 0 Å². The first-order valence-electron chi connectivity index (χ1n) is 10.0. The monoisotopic (exact) mass is 378 g/mol. The molecular weight excluding hydrogens is 350 g/mol. The zero-order valence-corrected chi connectivity index (χ0v) is 16.3. The van der Waals surface area contributed by atoms with Gasteiger partial charge in [0.05, 0.1) is 0 Å². The van der Waals surface area contributed by atoms with E-state index in [9.17, 15) is 0 Å². The third-order valence-electron chi connectivity index (χ3n) is 5.69. The number of hydrogen-bond donors (Lipinski definition) is 0. The van der Waals surface area contributed by atoms with E-state index in [0.29, 0.717) is 17.8 Å². The first kappa shape index (κ1) is 24.3. The minimum absolute atomic E-state index is 0. The molecule has 4 aromatic rings. The molecule has 0 atom stereocenters. The van der Waals surface area contributed by atoms with Crippen molar-refractivity contribution in [3.8, 4) is 0 Å². The molecule has 30 heavy (non-hydrogen) atoms. The second-order valence-corrected chi connectivity index (χ2v) is 7.46. The van der Waals surface area contributed by atoms with Gasteiger partial charge in [-0.2, -0.15) is 0 Å². The zero-order chi connectivity index (χ0) is 19.2. The molecule has 0 bridgehead atoms. The van der Waals surface area contributed by atoms with Crippen LogP contribution in [-0.4, -0.2) is 37.7 Å². The Bertz CT molecular complexity index is 808. The summed E-state index contributed by atoms with van der Waals surface area (Å²) >= 11 is 0. The molecule has 0 saturated heterocycles. The maximum atomic E-state index is 2.40. The van der Waals surface area contributed by atoms with Crippen LogP contribution in [0.2, 0.25) is 0 Å². The van der Waals surface area contributed by atoms with E-state index in [-0.39, 0.29) is 37.7 Å². The summed E-state index contributed by atoms with van der Waals surface area (Å²) in [5.74, 6) is 1.05. The van der Waals surface area contributed by atoms with Gasteiger partial charge in [-0.25, -0.2) is 0 Å². The molecule has 0 aliphatic carbocycles. The summed E-state index contributed by atoms with van der Waals surface area (Å²) < 4.78 is 0. The molecule has 0 radical (unpaired) electrons. The van der Waals surface area contributed by atoms with Crippen molar-refractivity contribution in [2.24, 2.45) is 5.92 Å². The number of benzene rings is 4. The van der Waals surface area contributed by atoms with Crippen LogP contribution in [0.1, 0.15) is 41.0 Å². The van der Waals surface area contributed by atoms with Gasteiger partial charge in [-0.05, 0) is 28.2 Å². The first-order chi connectivity index (χ1) is 13.8. The molecule has 0 unspecified atom stereocenters. The van der Waals surface area contributed by atoms with E-state index in [2.05, 4.69) is 128 Å². The molecular formula is C28H28Li2. The van der Waals surface area contributed by atoms with Crippen LogP contribution in [0, 0.1) is 5.92 Å². The Hall–Kier alpha value is -1.93. The van der Waals surface area contributed by atoms with Gasteiger partial charge < -0.3 is 0 Å². The zero-order valence-electron chi connectivity index (χ0n) is 16.3. The standard InChI is InChI=1S/C28H26.2Li.2H/c1-22(27(23-14-6-2-7-15-23)24-16-8-3-9-17-24)28(25-18-10-4-11-19-25)26-20-12-5-13-21-26;;;;/h2-22,27-28H,1H3;;;;. The summed E-state index contributed by atoms with van der Waals surface area (Å²) in [6, 6.07) is 43.7. The van der Waals surface area contributed by atoms with Crippen molar-refractivity contribution in [3.63, 3.8) is 0 Å². The van der Waals surface area contributed by atoms with Crippen molar-refractivity contribution in [2.75, 3.05) is 0 Å². The number of rotatable bonds is 6. The van der Waals surface area contributed by atoms with Gasteiger partial charge in [-0.3, -0.25) is 0 Å². The molecule has 0 saturated carbocycles. The fraction of sp³-hybridized carbons (Fsp3) is 0.143. The van der Waals surface area contributed by atoms with Crippen molar-refractivity contribution in [3.05, 3.63) is 144 Å². The summed E-state index contributed by atoms with van der Waals surface area (Å²) in [4.78, 5) is 0. The van der Waals surface area contributed by atoms with E-state index < -0.39 is 0 Å². The molecule has 4 aromatic carbocycles. The van der Waals surface area contributed by atoms with E-state index >= 15 is 0 Å². The molecule has 0 aliphatic rings. The van der Waals surface area contributed by atoms with Crippen LogP contribution in [0.3, 0.4) is 0 Å². The predicted molar refractivity (Wildman–Crippen MR) is 133 cm³/mol.